The average Bonchev–Trinajstić information content (AvgIpc) is 2.40. The van der Waals surface area contributed by atoms with Crippen LogP contribution in [0.1, 0.15) is 29.7 Å². The summed E-state index contributed by atoms with van der Waals surface area (Å²) in [6.45, 7) is 4.20. The second-order valence-electron chi connectivity index (χ2n) is 4.59. The summed E-state index contributed by atoms with van der Waals surface area (Å²) in [7, 11) is 0. The lowest BCUT2D eigenvalue weighted by molar-refractivity contribution is 0.335. The maximum absolute atomic E-state index is 13.8. The maximum Gasteiger partial charge on any atom is 0.131 e. The van der Waals surface area contributed by atoms with Crippen LogP contribution >= 0.6 is 0 Å². The normalized spacial score (nSPS) is 12.2. The minimum absolute atomic E-state index is 0.140. The van der Waals surface area contributed by atoms with Gasteiger partial charge >= 0.3 is 0 Å². The van der Waals surface area contributed by atoms with Crippen molar-refractivity contribution in [3.8, 4) is 5.75 Å². The SMILES string of the molecule is CCOc1ccc(C)cc1C(N)c1c(F)cccc1F. The van der Waals surface area contributed by atoms with Crippen molar-refractivity contribution in [2.45, 2.75) is 19.9 Å². The third-order valence-electron chi connectivity index (χ3n) is 3.11. The summed E-state index contributed by atoms with van der Waals surface area (Å²) in [5, 5.41) is 0. The number of aryl methyl sites for hydroxylation is 1. The Bertz CT molecular complexity index is 593. The van der Waals surface area contributed by atoms with E-state index in [2.05, 4.69) is 0 Å². The number of halogens is 2. The molecule has 2 rings (SSSR count). The lowest BCUT2D eigenvalue weighted by atomic mass is 9.96. The zero-order chi connectivity index (χ0) is 14.7. The summed E-state index contributed by atoms with van der Waals surface area (Å²) < 4.78 is 33.2. The van der Waals surface area contributed by atoms with Crippen LogP contribution in [0.25, 0.3) is 0 Å². The van der Waals surface area contributed by atoms with Crippen LogP contribution in [0.15, 0.2) is 36.4 Å². The Kier molecular flexibility index (Phi) is 4.35. The Morgan fingerprint density at radius 3 is 2.40 bits per heavy atom. The third-order valence-corrected chi connectivity index (χ3v) is 3.11. The van der Waals surface area contributed by atoms with Crippen molar-refractivity contribution < 1.29 is 13.5 Å². The largest absolute Gasteiger partial charge is 0.494 e. The molecule has 2 aromatic carbocycles. The zero-order valence-corrected chi connectivity index (χ0v) is 11.5. The summed E-state index contributed by atoms with van der Waals surface area (Å²) in [6, 6.07) is 8.26. The molecule has 2 aromatic rings. The molecular weight excluding hydrogens is 260 g/mol. The zero-order valence-electron chi connectivity index (χ0n) is 11.5. The first-order chi connectivity index (χ1) is 9.54. The fourth-order valence-electron chi connectivity index (χ4n) is 2.16. The molecule has 0 bridgehead atoms. The fraction of sp³-hybridized carbons (Fsp3) is 0.250. The Hall–Kier alpha value is -1.94. The van der Waals surface area contributed by atoms with Gasteiger partial charge in [0.25, 0.3) is 0 Å². The summed E-state index contributed by atoms with van der Waals surface area (Å²) in [5.41, 5.74) is 7.45. The highest BCUT2D eigenvalue weighted by Gasteiger charge is 2.21. The van der Waals surface area contributed by atoms with Crippen molar-refractivity contribution in [3.05, 3.63) is 64.7 Å². The standard InChI is InChI=1S/C16H17F2NO/c1-3-20-14-8-7-10(2)9-11(14)16(19)15-12(17)5-4-6-13(15)18/h4-9,16H,3,19H2,1-2H3. The van der Waals surface area contributed by atoms with Gasteiger partial charge in [0.05, 0.1) is 12.6 Å². The van der Waals surface area contributed by atoms with E-state index in [1.165, 1.54) is 18.2 Å². The molecule has 4 heteroatoms. The van der Waals surface area contributed by atoms with Crippen LogP contribution in [0, 0.1) is 18.6 Å². The van der Waals surface area contributed by atoms with E-state index < -0.39 is 17.7 Å². The van der Waals surface area contributed by atoms with Gasteiger partial charge in [-0.15, -0.1) is 0 Å². The molecule has 0 aliphatic rings. The van der Waals surface area contributed by atoms with E-state index in [0.29, 0.717) is 17.9 Å². The van der Waals surface area contributed by atoms with Crippen LogP contribution in [-0.4, -0.2) is 6.61 Å². The molecule has 106 valence electrons. The Labute approximate surface area is 117 Å². The monoisotopic (exact) mass is 277 g/mol. The molecule has 0 spiro atoms. The predicted molar refractivity (Wildman–Crippen MR) is 74.7 cm³/mol. The van der Waals surface area contributed by atoms with E-state index in [1.807, 2.05) is 19.9 Å². The average molecular weight is 277 g/mol. The van der Waals surface area contributed by atoms with Gasteiger partial charge in [-0.3, -0.25) is 0 Å². The molecule has 0 aromatic heterocycles. The van der Waals surface area contributed by atoms with Gasteiger partial charge in [-0.05, 0) is 32.0 Å². The number of hydrogen-bond donors (Lipinski definition) is 1. The van der Waals surface area contributed by atoms with Gasteiger partial charge in [-0.25, -0.2) is 8.78 Å². The highest BCUT2D eigenvalue weighted by atomic mass is 19.1. The molecular formula is C16H17F2NO. The van der Waals surface area contributed by atoms with E-state index in [0.717, 1.165) is 5.56 Å². The number of rotatable bonds is 4. The number of benzene rings is 2. The van der Waals surface area contributed by atoms with Crippen molar-refractivity contribution in [1.82, 2.24) is 0 Å². The Morgan fingerprint density at radius 2 is 1.80 bits per heavy atom. The number of ether oxygens (including phenoxy) is 1. The smallest absolute Gasteiger partial charge is 0.131 e. The summed E-state index contributed by atoms with van der Waals surface area (Å²) in [4.78, 5) is 0. The summed E-state index contributed by atoms with van der Waals surface area (Å²) in [6.07, 6.45) is 0. The van der Waals surface area contributed by atoms with Crippen LogP contribution in [0.3, 0.4) is 0 Å². The van der Waals surface area contributed by atoms with Crippen LogP contribution < -0.4 is 10.5 Å². The molecule has 1 atom stereocenters. The highest BCUT2D eigenvalue weighted by molar-refractivity contribution is 5.44. The first-order valence-electron chi connectivity index (χ1n) is 6.47. The van der Waals surface area contributed by atoms with Crippen LogP contribution in [0.2, 0.25) is 0 Å². The minimum atomic E-state index is -0.905. The maximum atomic E-state index is 13.8. The van der Waals surface area contributed by atoms with Crippen molar-refractivity contribution in [1.29, 1.82) is 0 Å². The predicted octanol–water partition coefficient (Wildman–Crippen LogP) is 3.72. The molecule has 0 heterocycles. The van der Waals surface area contributed by atoms with E-state index in [4.69, 9.17) is 10.5 Å². The van der Waals surface area contributed by atoms with Gasteiger partial charge in [-0.2, -0.15) is 0 Å². The quantitative estimate of drug-likeness (QED) is 0.924. The molecule has 0 fully saturated rings. The summed E-state index contributed by atoms with van der Waals surface area (Å²) in [5.74, 6) is -0.754. The first-order valence-corrected chi connectivity index (χ1v) is 6.47. The van der Waals surface area contributed by atoms with E-state index >= 15 is 0 Å². The number of hydrogen-bond acceptors (Lipinski definition) is 2. The van der Waals surface area contributed by atoms with Gasteiger partial charge in [0.15, 0.2) is 0 Å². The second kappa shape index (κ2) is 6.01. The van der Waals surface area contributed by atoms with Crippen LogP contribution in [-0.2, 0) is 0 Å². The van der Waals surface area contributed by atoms with E-state index in [1.54, 1.807) is 12.1 Å². The van der Waals surface area contributed by atoms with Crippen molar-refractivity contribution >= 4 is 0 Å². The first kappa shape index (κ1) is 14.5. The molecule has 0 saturated carbocycles. The molecule has 1 unspecified atom stereocenters. The van der Waals surface area contributed by atoms with Gasteiger partial charge in [0.1, 0.15) is 17.4 Å². The topological polar surface area (TPSA) is 35.2 Å². The Balaban J connectivity index is 2.52. The molecule has 0 amide bonds. The molecule has 0 aliphatic heterocycles. The lowest BCUT2D eigenvalue weighted by Gasteiger charge is -2.18. The second-order valence-corrected chi connectivity index (χ2v) is 4.59. The van der Waals surface area contributed by atoms with E-state index in [9.17, 15) is 8.78 Å². The van der Waals surface area contributed by atoms with Gasteiger partial charge in [-0.1, -0.05) is 23.8 Å². The molecule has 0 saturated heterocycles. The summed E-state index contributed by atoms with van der Waals surface area (Å²) >= 11 is 0. The molecule has 0 radical (unpaired) electrons. The minimum Gasteiger partial charge on any atom is -0.494 e. The van der Waals surface area contributed by atoms with E-state index in [-0.39, 0.29) is 5.56 Å². The molecule has 2 N–H and O–H groups in total. The third kappa shape index (κ3) is 2.80. The Morgan fingerprint density at radius 1 is 1.15 bits per heavy atom. The lowest BCUT2D eigenvalue weighted by Crippen LogP contribution is -2.17. The van der Waals surface area contributed by atoms with Crippen LogP contribution in [0.4, 0.5) is 8.78 Å². The number of nitrogens with two attached hydrogens (primary N) is 1. The molecule has 2 nitrogen and oxygen atoms in total. The van der Waals surface area contributed by atoms with Gasteiger partial charge < -0.3 is 10.5 Å². The molecule has 0 aliphatic carbocycles. The van der Waals surface area contributed by atoms with Gasteiger partial charge in [0.2, 0.25) is 0 Å². The fourth-order valence-corrected chi connectivity index (χ4v) is 2.16. The molecule has 20 heavy (non-hydrogen) atoms. The van der Waals surface area contributed by atoms with Crippen molar-refractivity contribution in [3.63, 3.8) is 0 Å². The van der Waals surface area contributed by atoms with Crippen molar-refractivity contribution in [2.24, 2.45) is 5.73 Å². The highest BCUT2D eigenvalue weighted by Crippen LogP contribution is 2.31. The van der Waals surface area contributed by atoms with Crippen LogP contribution in [0.5, 0.6) is 5.75 Å². The van der Waals surface area contributed by atoms with Gasteiger partial charge in [0, 0.05) is 11.1 Å². The van der Waals surface area contributed by atoms with Crippen molar-refractivity contribution in [2.75, 3.05) is 6.61 Å².